The van der Waals surface area contributed by atoms with E-state index in [1.165, 1.54) is 18.2 Å². The van der Waals surface area contributed by atoms with Gasteiger partial charge in [0.2, 0.25) is 0 Å². The SMILES string of the molecule is CCOc1ccc(OCc2cc(C#N)ccc2F)cc1. The molecular weight excluding hydrogens is 257 g/mol. The third kappa shape index (κ3) is 3.48. The molecule has 2 aromatic rings. The van der Waals surface area contributed by atoms with E-state index in [4.69, 9.17) is 14.7 Å². The van der Waals surface area contributed by atoms with Crippen LogP contribution in [0, 0.1) is 17.1 Å². The lowest BCUT2D eigenvalue weighted by Gasteiger charge is -2.08. The largest absolute Gasteiger partial charge is 0.494 e. The van der Waals surface area contributed by atoms with Crippen molar-refractivity contribution in [3.05, 3.63) is 59.4 Å². The van der Waals surface area contributed by atoms with Crippen LogP contribution >= 0.6 is 0 Å². The molecule has 20 heavy (non-hydrogen) atoms. The Hall–Kier alpha value is -2.54. The first kappa shape index (κ1) is 13.9. The van der Waals surface area contributed by atoms with Gasteiger partial charge in [0.15, 0.2) is 0 Å². The van der Waals surface area contributed by atoms with Crippen molar-refractivity contribution in [3.8, 4) is 17.6 Å². The Balaban J connectivity index is 2.03. The number of benzene rings is 2. The molecule has 0 aliphatic heterocycles. The van der Waals surface area contributed by atoms with Crippen molar-refractivity contribution in [2.75, 3.05) is 6.61 Å². The van der Waals surface area contributed by atoms with Gasteiger partial charge in [-0.05, 0) is 49.4 Å². The first-order chi connectivity index (χ1) is 9.72. The molecule has 0 amide bonds. The highest BCUT2D eigenvalue weighted by Gasteiger charge is 2.05. The van der Waals surface area contributed by atoms with Gasteiger partial charge in [0.1, 0.15) is 23.9 Å². The molecule has 102 valence electrons. The van der Waals surface area contributed by atoms with Crippen LogP contribution in [-0.2, 0) is 6.61 Å². The minimum absolute atomic E-state index is 0.0787. The van der Waals surface area contributed by atoms with E-state index in [0.29, 0.717) is 23.5 Å². The number of halogens is 1. The summed E-state index contributed by atoms with van der Waals surface area (Å²) in [6.07, 6.45) is 0. The normalized spacial score (nSPS) is 9.85. The number of ether oxygens (including phenoxy) is 2. The fourth-order valence-corrected chi connectivity index (χ4v) is 1.71. The van der Waals surface area contributed by atoms with Gasteiger partial charge in [-0.15, -0.1) is 0 Å². The molecule has 4 heteroatoms. The van der Waals surface area contributed by atoms with Crippen LogP contribution in [0.3, 0.4) is 0 Å². The van der Waals surface area contributed by atoms with E-state index in [0.717, 1.165) is 5.75 Å². The summed E-state index contributed by atoms with van der Waals surface area (Å²) < 4.78 is 24.4. The minimum atomic E-state index is -0.380. The maximum Gasteiger partial charge on any atom is 0.129 e. The van der Waals surface area contributed by atoms with Crippen molar-refractivity contribution in [3.63, 3.8) is 0 Å². The highest BCUT2D eigenvalue weighted by Crippen LogP contribution is 2.19. The van der Waals surface area contributed by atoms with Gasteiger partial charge in [0.25, 0.3) is 0 Å². The molecular formula is C16H14FNO2. The standard InChI is InChI=1S/C16H14FNO2/c1-2-19-14-4-6-15(7-5-14)20-11-13-9-12(10-18)3-8-16(13)17/h3-9H,2,11H2,1H3. The lowest BCUT2D eigenvalue weighted by atomic mass is 10.1. The van der Waals surface area contributed by atoms with Crippen molar-refractivity contribution < 1.29 is 13.9 Å². The lowest BCUT2D eigenvalue weighted by molar-refractivity contribution is 0.298. The monoisotopic (exact) mass is 271 g/mol. The molecule has 0 aromatic heterocycles. The average molecular weight is 271 g/mol. The van der Waals surface area contributed by atoms with Gasteiger partial charge in [-0.2, -0.15) is 5.26 Å². The third-order valence-corrected chi connectivity index (χ3v) is 2.70. The smallest absolute Gasteiger partial charge is 0.129 e. The van der Waals surface area contributed by atoms with Crippen molar-refractivity contribution >= 4 is 0 Å². The van der Waals surface area contributed by atoms with Crippen molar-refractivity contribution in [1.82, 2.24) is 0 Å². The van der Waals surface area contributed by atoms with Crippen LogP contribution in [0.2, 0.25) is 0 Å². The molecule has 0 heterocycles. The molecule has 0 unspecified atom stereocenters. The van der Waals surface area contributed by atoms with Gasteiger partial charge in [-0.25, -0.2) is 4.39 Å². The molecule has 2 rings (SSSR count). The Bertz CT molecular complexity index is 617. The Morgan fingerprint density at radius 1 is 1.05 bits per heavy atom. The van der Waals surface area contributed by atoms with E-state index >= 15 is 0 Å². The second-order valence-electron chi connectivity index (χ2n) is 4.11. The molecule has 0 aliphatic carbocycles. The van der Waals surface area contributed by atoms with Gasteiger partial charge in [-0.1, -0.05) is 0 Å². The third-order valence-electron chi connectivity index (χ3n) is 2.70. The number of hydrogen-bond donors (Lipinski definition) is 0. The predicted octanol–water partition coefficient (Wildman–Crippen LogP) is 3.68. The van der Waals surface area contributed by atoms with Gasteiger partial charge < -0.3 is 9.47 Å². The van der Waals surface area contributed by atoms with Crippen LogP contribution in [0.1, 0.15) is 18.1 Å². The van der Waals surface area contributed by atoms with Crippen LogP contribution in [0.4, 0.5) is 4.39 Å². The number of rotatable bonds is 5. The van der Waals surface area contributed by atoms with E-state index in [1.807, 2.05) is 13.0 Å². The summed E-state index contributed by atoms with van der Waals surface area (Å²) in [5, 5.41) is 8.79. The van der Waals surface area contributed by atoms with Crippen molar-refractivity contribution in [2.45, 2.75) is 13.5 Å². The van der Waals surface area contributed by atoms with Crippen molar-refractivity contribution in [2.24, 2.45) is 0 Å². The Kier molecular flexibility index (Phi) is 4.56. The summed E-state index contributed by atoms with van der Waals surface area (Å²) in [6, 6.07) is 13.3. The fraction of sp³-hybridized carbons (Fsp3) is 0.188. The molecule has 0 bridgehead atoms. The second kappa shape index (κ2) is 6.58. The zero-order valence-electron chi connectivity index (χ0n) is 11.1. The zero-order valence-corrected chi connectivity index (χ0v) is 11.1. The quantitative estimate of drug-likeness (QED) is 0.833. The van der Waals surface area contributed by atoms with Gasteiger partial charge in [0, 0.05) is 5.56 Å². The maximum atomic E-state index is 13.6. The molecule has 0 spiro atoms. The minimum Gasteiger partial charge on any atom is -0.494 e. The van der Waals surface area contributed by atoms with Crippen LogP contribution in [0.15, 0.2) is 42.5 Å². The molecule has 0 saturated heterocycles. The highest BCUT2D eigenvalue weighted by atomic mass is 19.1. The molecule has 0 saturated carbocycles. The van der Waals surface area contributed by atoms with Gasteiger partial charge in [0.05, 0.1) is 18.2 Å². The summed E-state index contributed by atoms with van der Waals surface area (Å²) in [5.74, 6) is 1.00. The number of nitriles is 1. The Morgan fingerprint density at radius 3 is 2.30 bits per heavy atom. The number of hydrogen-bond acceptors (Lipinski definition) is 3. The molecule has 0 N–H and O–H groups in total. The second-order valence-corrected chi connectivity index (χ2v) is 4.11. The summed E-state index contributed by atoms with van der Waals surface area (Å²) in [4.78, 5) is 0. The molecule has 0 atom stereocenters. The number of nitrogens with zero attached hydrogens (tertiary/aromatic N) is 1. The summed E-state index contributed by atoms with van der Waals surface area (Å²) in [7, 11) is 0. The first-order valence-corrected chi connectivity index (χ1v) is 6.27. The molecule has 0 aliphatic rings. The first-order valence-electron chi connectivity index (χ1n) is 6.27. The van der Waals surface area contributed by atoms with Crippen LogP contribution in [-0.4, -0.2) is 6.61 Å². The van der Waals surface area contributed by atoms with Gasteiger partial charge in [-0.3, -0.25) is 0 Å². The lowest BCUT2D eigenvalue weighted by Crippen LogP contribution is -1.99. The topological polar surface area (TPSA) is 42.2 Å². The molecule has 2 aromatic carbocycles. The zero-order chi connectivity index (χ0) is 14.4. The highest BCUT2D eigenvalue weighted by molar-refractivity contribution is 5.34. The summed E-state index contributed by atoms with van der Waals surface area (Å²) >= 11 is 0. The van der Waals surface area contributed by atoms with E-state index < -0.39 is 0 Å². The van der Waals surface area contributed by atoms with E-state index in [2.05, 4.69) is 0 Å². The summed E-state index contributed by atoms with van der Waals surface area (Å²) in [6.45, 7) is 2.59. The molecule has 3 nitrogen and oxygen atoms in total. The predicted molar refractivity (Wildman–Crippen MR) is 73.1 cm³/mol. The van der Waals surface area contributed by atoms with Gasteiger partial charge >= 0.3 is 0 Å². The van der Waals surface area contributed by atoms with Crippen LogP contribution in [0.25, 0.3) is 0 Å². The van der Waals surface area contributed by atoms with E-state index in [9.17, 15) is 4.39 Å². The molecule has 0 fully saturated rings. The van der Waals surface area contributed by atoms with E-state index in [1.54, 1.807) is 24.3 Å². The summed E-state index contributed by atoms with van der Waals surface area (Å²) in [5.41, 5.74) is 0.773. The Morgan fingerprint density at radius 2 is 1.70 bits per heavy atom. The molecule has 0 radical (unpaired) electrons. The van der Waals surface area contributed by atoms with Crippen molar-refractivity contribution in [1.29, 1.82) is 5.26 Å². The average Bonchev–Trinajstić information content (AvgIpc) is 2.48. The Labute approximate surface area is 117 Å². The maximum absolute atomic E-state index is 13.6. The van der Waals surface area contributed by atoms with Crippen LogP contribution < -0.4 is 9.47 Å². The van der Waals surface area contributed by atoms with E-state index in [-0.39, 0.29) is 12.4 Å². The van der Waals surface area contributed by atoms with Crippen LogP contribution in [0.5, 0.6) is 11.5 Å². The fourth-order valence-electron chi connectivity index (χ4n) is 1.71.